The Kier molecular flexibility index (Phi) is 5.25. The van der Waals surface area contributed by atoms with E-state index in [1.165, 1.54) is 0 Å². The highest BCUT2D eigenvalue weighted by Crippen LogP contribution is 2.25. The van der Waals surface area contributed by atoms with Gasteiger partial charge in [0.15, 0.2) is 5.11 Å². The number of hydrogen-bond donors (Lipinski definition) is 2. The maximum Gasteiger partial charge on any atom is 0.257 e. The first-order valence-corrected chi connectivity index (χ1v) is 8.58. The molecule has 0 aliphatic rings. The van der Waals surface area contributed by atoms with Crippen molar-refractivity contribution in [3.8, 4) is 5.75 Å². The number of nitrogens with zero attached hydrogens (tertiary/aromatic N) is 1. The fourth-order valence-corrected chi connectivity index (χ4v) is 3.09. The zero-order valence-electron chi connectivity index (χ0n) is 13.2. The molecule has 3 aromatic rings. The second-order valence-corrected chi connectivity index (χ2v) is 6.40. The summed E-state index contributed by atoms with van der Waals surface area (Å²) in [5.41, 5.74) is 2.10. The van der Waals surface area contributed by atoms with E-state index in [2.05, 4.69) is 31.5 Å². The van der Waals surface area contributed by atoms with E-state index in [1.807, 2.05) is 30.3 Å². The van der Waals surface area contributed by atoms with E-state index in [4.69, 9.17) is 17.0 Å². The van der Waals surface area contributed by atoms with Crippen molar-refractivity contribution in [3.63, 3.8) is 0 Å². The van der Waals surface area contributed by atoms with E-state index < -0.39 is 0 Å². The fourth-order valence-electron chi connectivity index (χ4n) is 2.35. The molecule has 0 spiro atoms. The number of anilines is 1. The van der Waals surface area contributed by atoms with E-state index in [0.29, 0.717) is 15.8 Å². The van der Waals surface area contributed by atoms with Gasteiger partial charge < -0.3 is 10.1 Å². The highest BCUT2D eigenvalue weighted by molar-refractivity contribution is 9.10. The van der Waals surface area contributed by atoms with E-state index >= 15 is 0 Å². The molecule has 3 rings (SSSR count). The number of rotatable bonds is 3. The van der Waals surface area contributed by atoms with Crippen LogP contribution in [0.2, 0.25) is 0 Å². The molecule has 1 heterocycles. The van der Waals surface area contributed by atoms with E-state index in [-0.39, 0.29) is 11.0 Å². The Morgan fingerprint density at radius 1 is 1.20 bits per heavy atom. The molecule has 2 aromatic carbocycles. The summed E-state index contributed by atoms with van der Waals surface area (Å²) in [4.78, 5) is 16.6. The average molecular weight is 416 g/mol. The van der Waals surface area contributed by atoms with Crippen LogP contribution in [0, 0.1) is 0 Å². The van der Waals surface area contributed by atoms with E-state index in [0.717, 1.165) is 16.6 Å². The van der Waals surface area contributed by atoms with Crippen LogP contribution in [0.15, 0.2) is 59.2 Å². The van der Waals surface area contributed by atoms with Crippen LogP contribution >= 0.6 is 28.1 Å². The second kappa shape index (κ2) is 7.58. The number of fused-ring (bicyclic) bond motifs is 1. The summed E-state index contributed by atoms with van der Waals surface area (Å²) in [5, 5.41) is 6.86. The molecule has 0 fully saturated rings. The molecule has 126 valence electrons. The Balaban J connectivity index is 1.73. The topological polar surface area (TPSA) is 63.2 Å². The molecule has 0 saturated carbocycles. The first-order valence-electron chi connectivity index (χ1n) is 7.38. The summed E-state index contributed by atoms with van der Waals surface area (Å²) >= 11 is 8.62. The minimum atomic E-state index is -0.306. The van der Waals surface area contributed by atoms with Gasteiger partial charge in [0.2, 0.25) is 0 Å². The Bertz CT molecular complexity index is 957. The molecule has 1 aromatic heterocycles. The molecule has 0 saturated heterocycles. The third kappa shape index (κ3) is 3.94. The Labute approximate surface area is 158 Å². The van der Waals surface area contributed by atoms with Gasteiger partial charge >= 0.3 is 0 Å². The highest BCUT2D eigenvalue weighted by Gasteiger charge is 2.11. The minimum absolute atomic E-state index is 0.216. The lowest BCUT2D eigenvalue weighted by atomic mass is 10.2. The second-order valence-electron chi connectivity index (χ2n) is 5.13. The lowest BCUT2D eigenvalue weighted by molar-refractivity contribution is 0.0977. The molecule has 2 N–H and O–H groups in total. The van der Waals surface area contributed by atoms with Gasteiger partial charge in [0.05, 0.1) is 17.1 Å². The molecule has 0 aliphatic heterocycles. The molecule has 0 radical (unpaired) electrons. The molecule has 25 heavy (non-hydrogen) atoms. The number of aromatic nitrogens is 1. The first kappa shape index (κ1) is 17.3. The van der Waals surface area contributed by atoms with Crippen LogP contribution in [0.1, 0.15) is 10.4 Å². The van der Waals surface area contributed by atoms with Crippen LogP contribution in [-0.2, 0) is 0 Å². The van der Waals surface area contributed by atoms with Gasteiger partial charge in [0, 0.05) is 22.8 Å². The van der Waals surface area contributed by atoms with Crippen LogP contribution < -0.4 is 15.4 Å². The lowest BCUT2D eigenvalue weighted by Gasteiger charge is -2.12. The SMILES string of the molecule is COc1ccc(C(=O)NC(=S)Nc2cccc3ncccc23)cc1Br. The zero-order chi connectivity index (χ0) is 17.8. The van der Waals surface area contributed by atoms with Gasteiger partial charge in [-0.25, -0.2) is 0 Å². The van der Waals surface area contributed by atoms with Gasteiger partial charge in [-0.2, -0.15) is 0 Å². The summed E-state index contributed by atoms with van der Waals surface area (Å²) in [7, 11) is 1.57. The third-order valence-corrected chi connectivity index (χ3v) is 4.36. The summed E-state index contributed by atoms with van der Waals surface area (Å²) in [6, 6.07) is 14.5. The minimum Gasteiger partial charge on any atom is -0.496 e. The normalized spacial score (nSPS) is 10.3. The van der Waals surface area contributed by atoms with Crippen molar-refractivity contribution in [2.75, 3.05) is 12.4 Å². The molecule has 1 amide bonds. The number of amides is 1. The summed E-state index contributed by atoms with van der Waals surface area (Å²) in [5.74, 6) is 0.347. The monoisotopic (exact) mass is 415 g/mol. The maximum atomic E-state index is 12.3. The number of carbonyl (C=O) groups is 1. The lowest BCUT2D eigenvalue weighted by Crippen LogP contribution is -2.34. The van der Waals surface area contributed by atoms with Crippen molar-refractivity contribution < 1.29 is 9.53 Å². The van der Waals surface area contributed by atoms with Gasteiger partial charge in [0.1, 0.15) is 5.75 Å². The summed E-state index contributed by atoms with van der Waals surface area (Å²) in [6.45, 7) is 0. The van der Waals surface area contributed by atoms with Crippen LogP contribution in [-0.4, -0.2) is 23.1 Å². The zero-order valence-corrected chi connectivity index (χ0v) is 15.6. The molecule has 5 nitrogen and oxygen atoms in total. The molecule has 0 bridgehead atoms. The van der Waals surface area contributed by atoms with Crippen LogP contribution in [0.25, 0.3) is 10.9 Å². The number of carbonyl (C=O) groups excluding carboxylic acids is 1. The summed E-state index contributed by atoms with van der Waals surface area (Å²) < 4.78 is 5.85. The number of methoxy groups -OCH3 is 1. The number of ether oxygens (including phenoxy) is 1. The number of hydrogen-bond acceptors (Lipinski definition) is 4. The Morgan fingerprint density at radius 3 is 2.80 bits per heavy atom. The predicted molar refractivity (Wildman–Crippen MR) is 106 cm³/mol. The van der Waals surface area contributed by atoms with Crippen molar-refractivity contribution in [2.24, 2.45) is 0 Å². The van der Waals surface area contributed by atoms with Gasteiger partial charge in [-0.3, -0.25) is 15.1 Å². The van der Waals surface area contributed by atoms with Crippen molar-refractivity contribution in [1.82, 2.24) is 10.3 Å². The number of thiocarbonyl (C=S) groups is 1. The highest BCUT2D eigenvalue weighted by atomic mass is 79.9. The molecule has 0 aliphatic carbocycles. The molecular weight excluding hydrogens is 402 g/mol. The first-order chi connectivity index (χ1) is 12.1. The molecular formula is C18H14BrN3O2S. The predicted octanol–water partition coefficient (Wildman–Crippen LogP) is 4.13. The van der Waals surface area contributed by atoms with E-state index in [9.17, 15) is 4.79 Å². The van der Waals surface area contributed by atoms with Gasteiger partial charge in [0.25, 0.3) is 5.91 Å². The van der Waals surface area contributed by atoms with Gasteiger partial charge in [-0.1, -0.05) is 6.07 Å². The van der Waals surface area contributed by atoms with Crippen molar-refractivity contribution >= 4 is 55.8 Å². The number of benzene rings is 2. The van der Waals surface area contributed by atoms with Gasteiger partial charge in [-0.05, 0) is 70.6 Å². The summed E-state index contributed by atoms with van der Waals surface area (Å²) in [6.07, 6.45) is 1.73. The number of halogens is 1. The third-order valence-electron chi connectivity index (χ3n) is 3.53. The fraction of sp³-hybridized carbons (Fsp3) is 0.0556. The van der Waals surface area contributed by atoms with Crippen LogP contribution in [0.3, 0.4) is 0 Å². The van der Waals surface area contributed by atoms with Gasteiger partial charge in [-0.15, -0.1) is 0 Å². The van der Waals surface area contributed by atoms with Crippen LogP contribution in [0.5, 0.6) is 5.75 Å². The van der Waals surface area contributed by atoms with Crippen molar-refractivity contribution in [3.05, 3.63) is 64.8 Å². The Morgan fingerprint density at radius 2 is 2.04 bits per heavy atom. The maximum absolute atomic E-state index is 12.3. The number of pyridine rings is 1. The average Bonchev–Trinajstić information content (AvgIpc) is 2.62. The largest absolute Gasteiger partial charge is 0.496 e. The Hall–Kier alpha value is -2.51. The molecule has 0 atom stereocenters. The van der Waals surface area contributed by atoms with E-state index in [1.54, 1.807) is 31.5 Å². The quantitative estimate of drug-likeness (QED) is 0.629. The molecule has 0 unspecified atom stereocenters. The van der Waals surface area contributed by atoms with Crippen molar-refractivity contribution in [2.45, 2.75) is 0 Å². The van der Waals surface area contributed by atoms with Crippen molar-refractivity contribution in [1.29, 1.82) is 0 Å². The molecule has 7 heteroatoms. The standard InChI is InChI=1S/C18H14BrN3O2S/c1-24-16-8-7-11(10-13(16)19)17(23)22-18(25)21-15-6-2-5-14-12(15)4-3-9-20-14/h2-10H,1H3,(H2,21,22,23,25). The smallest absolute Gasteiger partial charge is 0.257 e. The van der Waals surface area contributed by atoms with Crippen LogP contribution in [0.4, 0.5) is 5.69 Å². The number of nitrogens with one attached hydrogen (secondary N) is 2.